The van der Waals surface area contributed by atoms with Gasteiger partial charge in [-0.25, -0.2) is 0 Å². The van der Waals surface area contributed by atoms with Crippen LogP contribution in [0, 0.1) is 5.41 Å². The highest BCUT2D eigenvalue weighted by Gasteiger charge is 1.99. The molecule has 0 amide bonds. The van der Waals surface area contributed by atoms with Gasteiger partial charge < -0.3 is 15.7 Å². The Morgan fingerprint density at radius 1 is 1.64 bits per heavy atom. The third-order valence-corrected chi connectivity index (χ3v) is 1.12. The van der Waals surface area contributed by atoms with Gasteiger partial charge in [-0.15, -0.1) is 6.58 Å². The number of hydrogen-bond donors (Lipinski definition) is 3. The summed E-state index contributed by atoms with van der Waals surface area (Å²) in [5.74, 6) is -0.0250. The lowest BCUT2D eigenvalue weighted by atomic mass is 10.4. The molecule has 0 radical (unpaired) electrons. The third kappa shape index (κ3) is 4.02. The molecule has 0 fully saturated rings. The standard InChI is InChI=1S/C7H13N3O/c1-2-4-10(7(8)9)5-3-6-11/h2-3,6,11H,1,4-5H2,(H3,8,9). The van der Waals surface area contributed by atoms with E-state index in [-0.39, 0.29) is 5.96 Å². The number of guanidine groups is 1. The maximum atomic E-state index is 8.32. The molecule has 62 valence electrons. The van der Waals surface area contributed by atoms with Crippen LogP contribution in [0.15, 0.2) is 25.0 Å². The van der Waals surface area contributed by atoms with Crippen molar-refractivity contribution in [1.29, 1.82) is 5.41 Å². The Bertz CT molecular complexity index is 165. The fraction of sp³-hybridized carbons (Fsp3) is 0.286. The Labute approximate surface area is 66.1 Å². The van der Waals surface area contributed by atoms with E-state index >= 15 is 0 Å². The normalized spacial score (nSPS) is 9.82. The average molecular weight is 155 g/mol. The zero-order valence-corrected chi connectivity index (χ0v) is 6.33. The van der Waals surface area contributed by atoms with E-state index in [2.05, 4.69) is 6.58 Å². The molecule has 0 aromatic heterocycles. The molecule has 0 aromatic rings. The monoisotopic (exact) mass is 155 g/mol. The average Bonchev–Trinajstić information content (AvgIpc) is 1.97. The minimum absolute atomic E-state index is 0.0250. The summed E-state index contributed by atoms with van der Waals surface area (Å²) in [7, 11) is 0. The number of aliphatic hydroxyl groups excluding tert-OH is 1. The van der Waals surface area contributed by atoms with Crippen molar-refractivity contribution in [1.82, 2.24) is 4.90 Å². The lowest BCUT2D eigenvalue weighted by Gasteiger charge is -2.17. The van der Waals surface area contributed by atoms with Crippen LogP contribution in [0.1, 0.15) is 0 Å². The molecule has 0 saturated carbocycles. The van der Waals surface area contributed by atoms with Crippen LogP contribution in [0.3, 0.4) is 0 Å². The predicted molar refractivity (Wildman–Crippen MR) is 45.5 cm³/mol. The summed E-state index contributed by atoms with van der Waals surface area (Å²) in [5.41, 5.74) is 5.21. The minimum Gasteiger partial charge on any atom is -0.516 e. The van der Waals surface area contributed by atoms with Gasteiger partial charge in [0.15, 0.2) is 5.96 Å². The fourth-order valence-corrected chi connectivity index (χ4v) is 0.601. The first-order chi connectivity index (χ1) is 5.22. The van der Waals surface area contributed by atoms with Gasteiger partial charge in [0.05, 0.1) is 6.26 Å². The molecule has 4 N–H and O–H groups in total. The van der Waals surface area contributed by atoms with Crippen molar-refractivity contribution in [2.45, 2.75) is 0 Å². The van der Waals surface area contributed by atoms with Crippen molar-refractivity contribution in [3.05, 3.63) is 25.0 Å². The van der Waals surface area contributed by atoms with Gasteiger partial charge in [-0.3, -0.25) is 5.41 Å². The second-order valence-electron chi connectivity index (χ2n) is 1.96. The zero-order valence-electron chi connectivity index (χ0n) is 6.33. The smallest absolute Gasteiger partial charge is 0.188 e. The number of nitrogens with two attached hydrogens (primary N) is 1. The molecule has 0 atom stereocenters. The van der Waals surface area contributed by atoms with Crippen LogP contribution in [-0.2, 0) is 0 Å². The second kappa shape index (κ2) is 5.34. The molecular formula is C7H13N3O. The van der Waals surface area contributed by atoms with Crippen molar-refractivity contribution in [3.8, 4) is 0 Å². The quantitative estimate of drug-likeness (QED) is 0.239. The molecule has 0 bridgehead atoms. The van der Waals surface area contributed by atoms with Gasteiger partial charge in [0.25, 0.3) is 0 Å². The van der Waals surface area contributed by atoms with Crippen molar-refractivity contribution < 1.29 is 5.11 Å². The molecule has 4 nitrogen and oxygen atoms in total. The molecule has 0 aliphatic heterocycles. The molecule has 0 aromatic carbocycles. The summed E-state index contributed by atoms with van der Waals surface area (Å²) in [5, 5.41) is 15.4. The summed E-state index contributed by atoms with van der Waals surface area (Å²) >= 11 is 0. The Balaban J connectivity index is 3.88. The number of hydrogen-bond acceptors (Lipinski definition) is 2. The maximum Gasteiger partial charge on any atom is 0.188 e. The molecule has 0 unspecified atom stereocenters. The topological polar surface area (TPSA) is 73.3 Å². The van der Waals surface area contributed by atoms with Crippen molar-refractivity contribution in [3.63, 3.8) is 0 Å². The van der Waals surface area contributed by atoms with E-state index in [9.17, 15) is 0 Å². The Kier molecular flexibility index (Phi) is 4.64. The summed E-state index contributed by atoms with van der Waals surface area (Å²) in [4.78, 5) is 1.56. The molecule has 0 aliphatic rings. The molecule has 0 saturated heterocycles. The lowest BCUT2D eigenvalue weighted by molar-refractivity contribution is 0.455. The Morgan fingerprint density at radius 3 is 2.64 bits per heavy atom. The highest BCUT2D eigenvalue weighted by atomic mass is 16.2. The first-order valence-electron chi connectivity index (χ1n) is 3.21. The molecule has 0 aliphatic carbocycles. The minimum atomic E-state index is -0.0250. The van der Waals surface area contributed by atoms with Gasteiger partial charge in [-0.1, -0.05) is 6.08 Å². The number of aliphatic hydroxyl groups is 1. The van der Waals surface area contributed by atoms with Crippen molar-refractivity contribution in [2.24, 2.45) is 5.73 Å². The fourth-order valence-electron chi connectivity index (χ4n) is 0.601. The van der Waals surface area contributed by atoms with E-state index in [0.717, 1.165) is 6.26 Å². The van der Waals surface area contributed by atoms with Crippen LogP contribution < -0.4 is 5.73 Å². The first kappa shape index (κ1) is 9.55. The Hall–Kier alpha value is -1.45. The van der Waals surface area contributed by atoms with E-state index < -0.39 is 0 Å². The molecule has 0 spiro atoms. The van der Waals surface area contributed by atoms with Crippen LogP contribution in [0.2, 0.25) is 0 Å². The molecule has 0 rings (SSSR count). The van der Waals surface area contributed by atoms with Crippen LogP contribution in [0.4, 0.5) is 0 Å². The van der Waals surface area contributed by atoms with Crippen molar-refractivity contribution >= 4 is 5.96 Å². The van der Waals surface area contributed by atoms with Crippen LogP contribution in [-0.4, -0.2) is 29.1 Å². The third-order valence-electron chi connectivity index (χ3n) is 1.12. The van der Waals surface area contributed by atoms with Gasteiger partial charge in [-0.2, -0.15) is 0 Å². The lowest BCUT2D eigenvalue weighted by Crippen LogP contribution is -2.36. The van der Waals surface area contributed by atoms with Crippen LogP contribution in [0.5, 0.6) is 0 Å². The second-order valence-corrected chi connectivity index (χ2v) is 1.96. The Morgan fingerprint density at radius 2 is 2.27 bits per heavy atom. The van der Waals surface area contributed by atoms with Crippen molar-refractivity contribution in [2.75, 3.05) is 13.1 Å². The predicted octanol–water partition coefficient (Wildman–Crippen LogP) is 0.440. The molecule has 4 heteroatoms. The summed E-state index contributed by atoms with van der Waals surface area (Å²) in [6.07, 6.45) is 4.08. The van der Waals surface area contributed by atoms with Gasteiger partial charge in [0, 0.05) is 13.1 Å². The van der Waals surface area contributed by atoms with Crippen LogP contribution in [0.25, 0.3) is 0 Å². The number of nitrogens with zero attached hydrogens (tertiary/aromatic N) is 1. The summed E-state index contributed by atoms with van der Waals surface area (Å²) in [6.45, 7) is 4.45. The van der Waals surface area contributed by atoms with E-state index in [0.29, 0.717) is 13.1 Å². The van der Waals surface area contributed by atoms with Gasteiger partial charge in [0.2, 0.25) is 0 Å². The number of rotatable bonds is 4. The largest absolute Gasteiger partial charge is 0.516 e. The molecule has 11 heavy (non-hydrogen) atoms. The highest BCUT2D eigenvalue weighted by molar-refractivity contribution is 5.74. The SMILES string of the molecule is C=CCN(CC=CO)C(=N)N. The van der Waals surface area contributed by atoms with Gasteiger partial charge in [-0.05, 0) is 6.08 Å². The number of nitrogens with one attached hydrogen (secondary N) is 1. The van der Waals surface area contributed by atoms with E-state index in [1.165, 1.54) is 6.08 Å². The van der Waals surface area contributed by atoms with Crippen LogP contribution >= 0.6 is 0 Å². The van der Waals surface area contributed by atoms with Gasteiger partial charge >= 0.3 is 0 Å². The van der Waals surface area contributed by atoms with Gasteiger partial charge in [0.1, 0.15) is 0 Å². The van der Waals surface area contributed by atoms with E-state index in [1.807, 2.05) is 0 Å². The maximum absolute atomic E-state index is 8.32. The summed E-state index contributed by atoms with van der Waals surface area (Å²) in [6, 6.07) is 0. The highest BCUT2D eigenvalue weighted by Crippen LogP contribution is 1.86. The molecule has 0 heterocycles. The zero-order chi connectivity index (χ0) is 8.69. The van der Waals surface area contributed by atoms with E-state index in [4.69, 9.17) is 16.2 Å². The molecular weight excluding hydrogens is 142 g/mol. The summed E-state index contributed by atoms with van der Waals surface area (Å²) < 4.78 is 0. The first-order valence-corrected chi connectivity index (χ1v) is 3.21. The van der Waals surface area contributed by atoms with E-state index in [1.54, 1.807) is 11.0 Å².